The number of benzene rings is 1. The SMILES string of the molecule is [CH2][n+]1cc(N)cc2ccccc21. The van der Waals surface area contributed by atoms with Gasteiger partial charge in [0.05, 0.1) is 5.69 Å². The highest BCUT2D eigenvalue weighted by Gasteiger charge is 2.03. The smallest absolute Gasteiger partial charge is 0.212 e. The number of aromatic nitrogens is 1. The summed E-state index contributed by atoms with van der Waals surface area (Å²) in [6.07, 6.45) is 1.81. The molecule has 0 spiro atoms. The molecule has 0 saturated carbocycles. The average molecular weight is 158 g/mol. The van der Waals surface area contributed by atoms with Crippen molar-refractivity contribution in [2.24, 2.45) is 0 Å². The summed E-state index contributed by atoms with van der Waals surface area (Å²) in [6.45, 7) is 0. The number of fused-ring (bicyclic) bond motifs is 1. The molecule has 0 atom stereocenters. The van der Waals surface area contributed by atoms with Crippen molar-refractivity contribution in [2.45, 2.75) is 0 Å². The van der Waals surface area contributed by atoms with Gasteiger partial charge in [0.15, 0.2) is 6.20 Å². The Morgan fingerprint density at radius 2 is 2.00 bits per heavy atom. The molecule has 0 bridgehead atoms. The summed E-state index contributed by atoms with van der Waals surface area (Å²) < 4.78 is 1.78. The van der Waals surface area contributed by atoms with E-state index < -0.39 is 0 Å². The van der Waals surface area contributed by atoms with Crippen LogP contribution in [0.3, 0.4) is 0 Å². The fourth-order valence-electron chi connectivity index (χ4n) is 1.34. The minimum absolute atomic E-state index is 0.740. The fraction of sp³-hybridized carbons (Fsp3) is 0. The van der Waals surface area contributed by atoms with E-state index in [0.29, 0.717) is 0 Å². The summed E-state index contributed by atoms with van der Waals surface area (Å²) in [6, 6.07) is 9.95. The first kappa shape index (κ1) is 7.10. The Bertz CT molecular complexity index is 421. The van der Waals surface area contributed by atoms with Crippen molar-refractivity contribution in [1.29, 1.82) is 0 Å². The Kier molecular flexibility index (Phi) is 1.47. The maximum atomic E-state index is 5.66. The Morgan fingerprint density at radius 3 is 2.83 bits per heavy atom. The number of nitrogens with zero attached hydrogens (tertiary/aromatic N) is 1. The highest BCUT2D eigenvalue weighted by atomic mass is 14.9. The third-order valence-electron chi connectivity index (χ3n) is 1.87. The molecule has 1 aromatic heterocycles. The van der Waals surface area contributed by atoms with Crippen molar-refractivity contribution < 1.29 is 4.57 Å². The molecule has 2 nitrogen and oxygen atoms in total. The predicted molar refractivity (Wildman–Crippen MR) is 49.3 cm³/mol. The molecule has 0 aliphatic heterocycles. The van der Waals surface area contributed by atoms with Crippen LogP contribution in [-0.4, -0.2) is 0 Å². The lowest BCUT2D eigenvalue weighted by molar-refractivity contribution is -0.583. The lowest BCUT2D eigenvalue weighted by atomic mass is 10.2. The Labute approximate surface area is 71.2 Å². The third-order valence-corrected chi connectivity index (χ3v) is 1.87. The number of pyridine rings is 1. The van der Waals surface area contributed by atoms with Crippen molar-refractivity contribution in [3.8, 4) is 0 Å². The highest BCUT2D eigenvalue weighted by molar-refractivity contribution is 5.77. The van der Waals surface area contributed by atoms with Crippen LogP contribution < -0.4 is 10.3 Å². The van der Waals surface area contributed by atoms with Crippen LogP contribution >= 0.6 is 0 Å². The summed E-state index contributed by atoms with van der Waals surface area (Å²) in [5.41, 5.74) is 7.49. The summed E-state index contributed by atoms with van der Waals surface area (Å²) in [5.74, 6) is 0. The molecule has 1 heterocycles. The molecule has 12 heavy (non-hydrogen) atoms. The Hall–Kier alpha value is -1.57. The van der Waals surface area contributed by atoms with Crippen molar-refractivity contribution in [3.63, 3.8) is 0 Å². The normalized spacial score (nSPS) is 10.4. The van der Waals surface area contributed by atoms with Gasteiger partial charge in [0.25, 0.3) is 0 Å². The molecule has 0 unspecified atom stereocenters. The number of hydrogen-bond donors (Lipinski definition) is 1. The number of nitrogens with two attached hydrogens (primary N) is 1. The van der Waals surface area contributed by atoms with Gasteiger partial charge in [-0.25, -0.2) is 0 Å². The van der Waals surface area contributed by atoms with Gasteiger partial charge in [0, 0.05) is 11.5 Å². The van der Waals surface area contributed by atoms with Gasteiger partial charge in [0.2, 0.25) is 12.6 Å². The average Bonchev–Trinajstić information content (AvgIpc) is 2.04. The Balaban J connectivity index is 2.89. The van der Waals surface area contributed by atoms with Gasteiger partial charge in [-0.15, -0.1) is 0 Å². The third kappa shape index (κ3) is 1.01. The molecule has 2 N–H and O–H groups in total. The van der Waals surface area contributed by atoms with E-state index in [1.54, 1.807) is 4.57 Å². The van der Waals surface area contributed by atoms with E-state index in [1.807, 2.05) is 36.5 Å². The molecule has 2 rings (SSSR count). The van der Waals surface area contributed by atoms with Crippen LogP contribution in [0.5, 0.6) is 0 Å². The molecule has 2 aromatic rings. The van der Waals surface area contributed by atoms with Gasteiger partial charge in [-0.05, 0) is 12.1 Å². The molecule has 0 saturated heterocycles. The highest BCUT2D eigenvalue weighted by Crippen LogP contribution is 2.11. The van der Waals surface area contributed by atoms with Crippen LogP contribution in [0.2, 0.25) is 0 Å². The lowest BCUT2D eigenvalue weighted by Crippen LogP contribution is -2.26. The second-order valence-electron chi connectivity index (χ2n) is 2.80. The first-order chi connectivity index (χ1) is 5.77. The molecular weight excluding hydrogens is 148 g/mol. The van der Waals surface area contributed by atoms with E-state index in [0.717, 1.165) is 16.6 Å². The number of anilines is 1. The van der Waals surface area contributed by atoms with Crippen molar-refractivity contribution in [3.05, 3.63) is 43.6 Å². The largest absolute Gasteiger partial charge is 0.394 e. The first-order valence-electron chi connectivity index (χ1n) is 3.78. The van der Waals surface area contributed by atoms with E-state index >= 15 is 0 Å². The van der Waals surface area contributed by atoms with Crippen LogP contribution in [0.15, 0.2) is 36.5 Å². The minimum Gasteiger partial charge on any atom is -0.394 e. The fourth-order valence-corrected chi connectivity index (χ4v) is 1.34. The van der Waals surface area contributed by atoms with Gasteiger partial charge in [-0.3, -0.25) is 0 Å². The second kappa shape index (κ2) is 2.48. The molecule has 0 aliphatic carbocycles. The molecule has 0 aliphatic rings. The van der Waals surface area contributed by atoms with Crippen LogP contribution in [0, 0.1) is 7.05 Å². The van der Waals surface area contributed by atoms with E-state index in [4.69, 9.17) is 5.73 Å². The van der Waals surface area contributed by atoms with Crippen LogP contribution in [0.4, 0.5) is 5.69 Å². The van der Waals surface area contributed by atoms with Crippen molar-refractivity contribution in [1.82, 2.24) is 0 Å². The number of rotatable bonds is 0. The molecule has 1 radical (unpaired) electrons. The molecule has 2 heteroatoms. The summed E-state index contributed by atoms with van der Waals surface area (Å²) >= 11 is 0. The predicted octanol–water partition coefficient (Wildman–Crippen LogP) is 1.35. The van der Waals surface area contributed by atoms with Crippen molar-refractivity contribution >= 4 is 16.6 Å². The topological polar surface area (TPSA) is 29.9 Å². The standard InChI is InChI=1S/C10H10N2/c1-12-7-9(11)6-8-4-2-3-5-10(8)12/h2-7H,1,11H2/q+1. The summed E-state index contributed by atoms with van der Waals surface area (Å²) in [5, 5.41) is 1.12. The molecule has 0 amide bonds. The zero-order valence-corrected chi connectivity index (χ0v) is 6.70. The van der Waals surface area contributed by atoms with E-state index in [9.17, 15) is 0 Å². The van der Waals surface area contributed by atoms with Gasteiger partial charge in [0.1, 0.15) is 0 Å². The first-order valence-corrected chi connectivity index (χ1v) is 3.78. The zero-order chi connectivity index (χ0) is 8.55. The summed E-state index contributed by atoms with van der Waals surface area (Å²) in [7, 11) is 3.85. The quantitative estimate of drug-likeness (QED) is 0.576. The van der Waals surface area contributed by atoms with Crippen LogP contribution in [-0.2, 0) is 0 Å². The molecular formula is C10H10N2+. The summed E-state index contributed by atoms with van der Waals surface area (Å²) in [4.78, 5) is 0. The maximum absolute atomic E-state index is 5.66. The maximum Gasteiger partial charge on any atom is 0.212 e. The van der Waals surface area contributed by atoms with Gasteiger partial charge in [-0.1, -0.05) is 12.1 Å². The number of nitrogen functional groups attached to an aromatic ring is 1. The minimum atomic E-state index is 0.740. The van der Waals surface area contributed by atoms with Crippen LogP contribution in [0.25, 0.3) is 10.9 Å². The molecule has 59 valence electrons. The van der Waals surface area contributed by atoms with E-state index in [-0.39, 0.29) is 0 Å². The number of para-hydroxylation sites is 1. The zero-order valence-electron chi connectivity index (χ0n) is 6.70. The number of hydrogen-bond acceptors (Lipinski definition) is 1. The molecule has 1 aromatic carbocycles. The molecule has 0 fully saturated rings. The van der Waals surface area contributed by atoms with E-state index in [1.165, 1.54) is 0 Å². The monoisotopic (exact) mass is 158 g/mol. The Morgan fingerprint density at radius 1 is 1.25 bits per heavy atom. The van der Waals surface area contributed by atoms with E-state index in [2.05, 4.69) is 7.05 Å². The van der Waals surface area contributed by atoms with Crippen molar-refractivity contribution in [2.75, 3.05) is 5.73 Å². The lowest BCUT2D eigenvalue weighted by Gasteiger charge is -1.96. The second-order valence-corrected chi connectivity index (χ2v) is 2.80. The van der Waals surface area contributed by atoms with Gasteiger partial charge < -0.3 is 5.73 Å². The van der Waals surface area contributed by atoms with Crippen LogP contribution in [0.1, 0.15) is 0 Å². The van der Waals surface area contributed by atoms with Gasteiger partial charge >= 0.3 is 0 Å². The van der Waals surface area contributed by atoms with Gasteiger partial charge in [-0.2, -0.15) is 4.57 Å².